The molecule has 0 atom stereocenters. The lowest BCUT2D eigenvalue weighted by Gasteiger charge is -2.08. The van der Waals surface area contributed by atoms with Crippen LogP contribution in [0.2, 0.25) is 10.0 Å². The van der Waals surface area contributed by atoms with Gasteiger partial charge in [-0.25, -0.2) is 9.97 Å². The number of hydrogen-bond donors (Lipinski definition) is 2. The molecule has 0 saturated heterocycles. The van der Waals surface area contributed by atoms with Gasteiger partial charge >= 0.3 is 0 Å². The van der Waals surface area contributed by atoms with E-state index in [1.807, 2.05) is 6.07 Å². The number of rotatable bonds is 4. The van der Waals surface area contributed by atoms with E-state index in [1.54, 1.807) is 42.5 Å². The molecule has 0 aliphatic carbocycles. The average Bonchev–Trinajstić information content (AvgIpc) is 2.66. The van der Waals surface area contributed by atoms with Crippen molar-refractivity contribution in [1.29, 1.82) is 5.26 Å². The molecule has 8 heteroatoms. The summed E-state index contributed by atoms with van der Waals surface area (Å²) in [5.41, 5.74) is 1.60. The van der Waals surface area contributed by atoms with E-state index in [0.29, 0.717) is 32.8 Å². The van der Waals surface area contributed by atoms with Crippen LogP contribution in [-0.2, 0) is 0 Å². The summed E-state index contributed by atoms with van der Waals surface area (Å²) in [6.07, 6.45) is 2.76. The Morgan fingerprint density at radius 1 is 1.04 bits per heavy atom. The first-order valence-corrected chi connectivity index (χ1v) is 8.17. The van der Waals surface area contributed by atoms with Crippen LogP contribution in [0.5, 0.6) is 0 Å². The molecule has 6 nitrogen and oxygen atoms in total. The highest BCUT2D eigenvalue weighted by Crippen LogP contribution is 2.26. The summed E-state index contributed by atoms with van der Waals surface area (Å²) in [6, 6.07) is 13.8. The van der Waals surface area contributed by atoms with Crippen LogP contribution in [0.1, 0.15) is 16.1 Å². The number of para-hydroxylation sites is 1. The SMILES string of the molecule is N#Cc1ccccc1NC(=O)c1cnc(Nc2ccc(Cl)c(Cl)c2)cn1. The molecule has 2 aromatic carbocycles. The number of halogens is 2. The Hall–Kier alpha value is -3.14. The van der Waals surface area contributed by atoms with E-state index in [0.717, 1.165) is 0 Å². The molecular formula is C18H11Cl2N5O. The minimum absolute atomic E-state index is 0.123. The van der Waals surface area contributed by atoms with Crippen molar-refractivity contribution in [3.63, 3.8) is 0 Å². The Bertz CT molecular complexity index is 999. The number of nitrogens with zero attached hydrogens (tertiary/aromatic N) is 3. The lowest BCUT2D eigenvalue weighted by molar-refractivity contribution is 0.102. The van der Waals surface area contributed by atoms with Gasteiger partial charge in [0, 0.05) is 5.69 Å². The maximum Gasteiger partial charge on any atom is 0.275 e. The number of amides is 1. The van der Waals surface area contributed by atoms with Gasteiger partial charge in [-0.3, -0.25) is 4.79 Å². The smallest absolute Gasteiger partial charge is 0.275 e. The zero-order chi connectivity index (χ0) is 18.5. The predicted octanol–water partition coefficient (Wildman–Crippen LogP) is 4.65. The monoisotopic (exact) mass is 383 g/mol. The summed E-state index contributed by atoms with van der Waals surface area (Å²) in [6.45, 7) is 0. The normalized spacial score (nSPS) is 10.0. The van der Waals surface area contributed by atoms with Crippen molar-refractivity contribution in [2.75, 3.05) is 10.6 Å². The Morgan fingerprint density at radius 3 is 2.54 bits per heavy atom. The molecule has 0 spiro atoms. The highest BCUT2D eigenvalue weighted by atomic mass is 35.5. The highest BCUT2D eigenvalue weighted by Gasteiger charge is 2.11. The van der Waals surface area contributed by atoms with Crippen molar-refractivity contribution in [3.8, 4) is 6.07 Å². The van der Waals surface area contributed by atoms with E-state index in [4.69, 9.17) is 28.5 Å². The van der Waals surface area contributed by atoms with E-state index in [1.165, 1.54) is 12.4 Å². The molecule has 1 aromatic heterocycles. The highest BCUT2D eigenvalue weighted by molar-refractivity contribution is 6.42. The first kappa shape index (κ1) is 17.7. The number of nitrogens with one attached hydrogen (secondary N) is 2. The van der Waals surface area contributed by atoms with Crippen molar-refractivity contribution in [3.05, 3.63) is 76.2 Å². The molecule has 0 unspecified atom stereocenters. The molecule has 3 aromatic rings. The van der Waals surface area contributed by atoms with Crippen molar-refractivity contribution >= 4 is 46.3 Å². The van der Waals surface area contributed by atoms with Crippen molar-refractivity contribution in [2.45, 2.75) is 0 Å². The summed E-state index contributed by atoms with van der Waals surface area (Å²) in [7, 11) is 0. The predicted molar refractivity (Wildman–Crippen MR) is 101 cm³/mol. The second-order valence-corrected chi connectivity index (χ2v) is 5.97. The fourth-order valence-corrected chi connectivity index (χ4v) is 2.41. The largest absolute Gasteiger partial charge is 0.339 e. The van der Waals surface area contributed by atoms with Gasteiger partial charge in [0.1, 0.15) is 17.6 Å². The number of carbonyl (C=O) groups is 1. The Labute approximate surface area is 159 Å². The zero-order valence-corrected chi connectivity index (χ0v) is 14.7. The number of carbonyl (C=O) groups excluding carboxylic acids is 1. The van der Waals surface area contributed by atoms with Gasteiger partial charge in [0.2, 0.25) is 0 Å². The Morgan fingerprint density at radius 2 is 1.85 bits per heavy atom. The standard InChI is InChI=1S/C18H11Cl2N5O/c19-13-6-5-12(7-14(13)20)24-17-10-22-16(9-23-17)18(26)25-15-4-2-1-3-11(15)8-21/h1-7,9-10H,(H,23,24)(H,25,26). The maximum absolute atomic E-state index is 12.3. The van der Waals surface area contributed by atoms with E-state index in [9.17, 15) is 4.79 Å². The van der Waals surface area contributed by atoms with Gasteiger partial charge in [0.25, 0.3) is 5.91 Å². The van der Waals surface area contributed by atoms with Gasteiger partial charge < -0.3 is 10.6 Å². The summed E-state index contributed by atoms with van der Waals surface area (Å²) >= 11 is 11.8. The number of nitriles is 1. The van der Waals surface area contributed by atoms with Crippen LogP contribution in [0.15, 0.2) is 54.9 Å². The van der Waals surface area contributed by atoms with Crippen molar-refractivity contribution in [2.24, 2.45) is 0 Å². The minimum atomic E-state index is -0.457. The first-order chi connectivity index (χ1) is 12.6. The zero-order valence-electron chi connectivity index (χ0n) is 13.2. The number of benzene rings is 2. The van der Waals surface area contributed by atoms with E-state index >= 15 is 0 Å². The Kier molecular flexibility index (Phi) is 5.32. The van der Waals surface area contributed by atoms with Crippen LogP contribution in [0, 0.1) is 11.3 Å². The number of hydrogen-bond acceptors (Lipinski definition) is 5. The third kappa shape index (κ3) is 4.09. The van der Waals surface area contributed by atoms with Gasteiger partial charge in [-0.1, -0.05) is 35.3 Å². The molecule has 0 radical (unpaired) electrons. The van der Waals surface area contributed by atoms with Crippen LogP contribution in [-0.4, -0.2) is 15.9 Å². The van der Waals surface area contributed by atoms with Gasteiger partial charge in [-0.05, 0) is 30.3 Å². The second kappa shape index (κ2) is 7.83. The molecule has 1 amide bonds. The molecule has 128 valence electrons. The third-order valence-corrected chi connectivity index (χ3v) is 4.11. The van der Waals surface area contributed by atoms with Gasteiger partial charge in [-0.15, -0.1) is 0 Å². The van der Waals surface area contributed by atoms with Crippen molar-refractivity contribution < 1.29 is 4.79 Å². The van der Waals surface area contributed by atoms with Crippen LogP contribution in [0.4, 0.5) is 17.2 Å². The van der Waals surface area contributed by atoms with E-state index < -0.39 is 5.91 Å². The Balaban J connectivity index is 1.71. The maximum atomic E-state index is 12.3. The quantitative estimate of drug-likeness (QED) is 0.683. The van der Waals surface area contributed by atoms with Gasteiger partial charge in [-0.2, -0.15) is 5.26 Å². The molecule has 0 aliphatic heterocycles. The number of anilines is 3. The average molecular weight is 384 g/mol. The lowest BCUT2D eigenvalue weighted by Crippen LogP contribution is -2.15. The second-order valence-electron chi connectivity index (χ2n) is 5.15. The van der Waals surface area contributed by atoms with Crippen LogP contribution >= 0.6 is 23.2 Å². The summed E-state index contributed by atoms with van der Waals surface area (Å²) in [5, 5.41) is 15.6. The molecule has 26 heavy (non-hydrogen) atoms. The molecule has 1 heterocycles. The van der Waals surface area contributed by atoms with Gasteiger partial charge in [0.15, 0.2) is 0 Å². The third-order valence-electron chi connectivity index (χ3n) is 3.37. The topological polar surface area (TPSA) is 90.7 Å². The van der Waals surface area contributed by atoms with Crippen LogP contribution < -0.4 is 10.6 Å². The first-order valence-electron chi connectivity index (χ1n) is 7.41. The van der Waals surface area contributed by atoms with Crippen LogP contribution in [0.3, 0.4) is 0 Å². The molecule has 0 fully saturated rings. The molecule has 3 rings (SSSR count). The molecule has 0 saturated carbocycles. The summed E-state index contributed by atoms with van der Waals surface area (Å²) in [4.78, 5) is 20.5. The van der Waals surface area contributed by atoms with Crippen LogP contribution in [0.25, 0.3) is 0 Å². The lowest BCUT2D eigenvalue weighted by atomic mass is 10.2. The van der Waals surface area contributed by atoms with Gasteiger partial charge in [0.05, 0.1) is 33.7 Å². The fourth-order valence-electron chi connectivity index (χ4n) is 2.11. The van der Waals surface area contributed by atoms with Crippen molar-refractivity contribution in [1.82, 2.24) is 9.97 Å². The number of aromatic nitrogens is 2. The summed E-state index contributed by atoms with van der Waals surface area (Å²) in [5.74, 6) is -0.0151. The van der Waals surface area contributed by atoms with E-state index in [-0.39, 0.29) is 5.69 Å². The molecule has 2 N–H and O–H groups in total. The molecule has 0 bridgehead atoms. The van der Waals surface area contributed by atoms with E-state index in [2.05, 4.69) is 20.6 Å². The fraction of sp³-hybridized carbons (Fsp3) is 0. The summed E-state index contributed by atoms with van der Waals surface area (Å²) < 4.78 is 0. The molecule has 0 aliphatic rings. The molecular weight excluding hydrogens is 373 g/mol. The minimum Gasteiger partial charge on any atom is -0.339 e.